The minimum absolute atomic E-state index is 0.131. The molecular formula is C87H165N2O20P. The van der Waals surface area contributed by atoms with Gasteiger partial charge in [0.15, 0.2) is 18.7 Å². The maximum Gasteiger partial charge on any atom is 0.470 e. The fourth-order valence-corrected chi connectivity index (χ4v) is 15.9. The van der Waals surface area contributed by atoms with Crippen LogP contribution in [0.1, 0.15) is 433 Å². The van der Waals surface area contributed by atoms with Crippen molar-refractivity contribution in [2.45, 2.75) is 512 Å². The van der Waals surface area contributed by atoms with Crippen LogP contribution in [0.15, 0.2) is 0 Å². The zero-order valence-electron chi connectivity index (χ0n) is 70.1. The van der Waals surface area contributed by atoms with Crippen molar-refractivity contribution in [2.75, 3.05) is 13.2 Å². The molecule has 2 heterocycles. The Balaban J connectivity index is 2.52. The Hall–Kier alpha value is -2.86. The number of phosphoric acid groups is 1. The summed E-state index contributed by atoms with van der Waals surface area (Å²) in [6.07, 6.45) is 41.1. The van der Waals surface area contributed by atoms with Crippen LogP contribution in [-0.4, -0.2) is 158 Å². The van der Waals surface area contributed by atoms with Crippen molar-refractivity contribution in [3.05, 3.63) is 0 Å². The molecule has 0 aromatic rings. The summed E-state index contributed by atoms with van der Waals surface area (Å²) in [5.41, 5.74) is 0. The Morgan fingerprint density at radius 2 is 0.709 bits per heavy atom. The molecule has 23 heteroatoms. The van der Waals surface area contributed by atoms with E-state index < -0.39 is 143 Å². The van der Waals surface area contributed by atoms with Gasteiger partial charge in [0.1, 0.15) is 54.8 Å². The number of hydrogen-bond donors (Lipinski definition) is 9. The molecule has 13 atom stereocenters. The van der Waals surface area contributed by atoms with Crippen molar-refractivity contribution in [3.8, 4) is 0 Å². The van der Waals surface area contributed by atoms with E-state index >= 15 is 0 Å². The third-order valence-corrected chi connectivity index (χ3v) is 22.6. The second-order valence-corrected chi connectivity index (χ2v) is 33.7. The summed E-state index contributed by atoms with van der Waals surface area (Å²) in [5, 5.41) is 61.5. The average molecular weight is 1590 g/mol. The Labute approximate surface area is 667 Å². The van der Waals surface area contributed by atoms with E-state index in [0.717, 1.165) is 141 Å². The lowest BCUT2D eigenvalue weighted by Crippen LogP contribution is -2.67. The molecule has 5 unspecified atom stereocenters. The molecule has 0 aromatic carbocycles. The van der Waals surface area contributed by atoms with Gasteiger partial charge in [-0.1, -0.05) is 356 Å². The molecular weight excluding hydrogens is 1420 g/mol. The molecule has 0 aliphatic carbocycles. The Morgan fingerprint density at radius 1 is 0.382 bits per heavy atom. The lowest BCUT2D eigenvalue weighted by atomic mass is 9.95. The van der Waals surface area contributed by atoms with Crippen molar-refractivity contribution in [2.24, 2.45) is 0 Å². The molecule has 2 aliphatic heterocycles. The van der Waals surface area contributed by atoms with E-state index in [-0.39, 0.29) is 19.3 Å². The average Bonchev–Trinajstić information content (AvgIpc) is 0.780. The fourth-order valence-electron chi connectivity index (χ4n) is 15.3. The van der Waals surface area contributed by atoms with E-state index in [0.29, 0.717) is 51.4 Å². The number of aliphatic hydroxyl groups excluding tert-OH is 5. The second kappa shape index (κ2) is 69.3. The maximum absolute atomic E-state index is 14.9. The monoisotopic (exact) mass is 1590 g/mol. The van der Waals surface area contributed by atoms with E-state index in [9.17, 15) is 63.9 Å². The van der Waals surface area contributed by atoms with Gasteiger partial charge in [0.25, 0.3) is 0 Å². The minimum Gasteiger partial charge on any atom is -0.462 e. The van der Waals surface area contributed by atoms with E-state index in [1.807, 2.05) is 0 Å². The summed E-state index contributed by atoms with van der Waals surface area (Å²) in [6, 6.07) is -3.32. The molecule has 110 heavy (non-hydrogen) atoms. The van der Waals surface area contributed by atoms with Gasteiger partial charge in [0.2, 0.25) is 11.8 Å². The van der Waals surface area contributed by atoms with Crippen LogP contribution in [0.3, 0.4) is 0 Å². The minimum atomic E-state index is -5.56. The molecule has 2 saturated heterocycles. The number of rotatable bonds is 76. The summed E-state index contributed by atoms with van der Waals surface area (Å²) in [4.78, 5) is 91.4. The maximum atomic E-state index is 14.9. The van der Waals surface area contributed by atoms with E-state index in [4.69, 9.17) is 32.9 Å². The van der Waals surface area contributed by atoms with Gasteiger partial charge in [-0.25, -0.2) is 4.57 Å². The first-order chi connectivity index (χ1) is 53.3. The Morgan fingerprint density at radius 3 is 1.07 bits per heavy atom. The van der Waals surface area contributed by atoms with Crippen LogP contribution in [0.2, 0.25) is 0 Å². The van der Waals surface area contributed by atoms with Gasteiger partial charge in [-0.2, -0.15) is 0 Å². The van der Waals surface area contributed by atoms with Crippen LogP contribution in [0.5, 0.6) is 0 Å². The Kier molecular flexibility index (Phi) is 65.0. The van der Waals surface area contributed by atoms with E-state index in [1.165, 1.54) is 173 Å². The molecule has 0 spiro atoms. The number of aliphatic hydroxyl groups is 5. The van der Waals surface area contributed by atoms with Gasteiger partial charge in [-0.3, -0.25) is 28.5 Å². The van der Waals surface area contributed by atoms with Gasteiger partial charge in [-0.15, -0.1) is 0 Å². The van der Waals surface area contributed by atoms with Crippen LogP contribution in [-0.2, 0) is 61.5 Å². The van der Waals surface area contributed by atoms with Crippen molar-refractivity contribution in [1.82, 2.24) is 10.6 Å². The first-order valence-electron chi connectivity index (χ1n) is 45.5. The van der Waals surface area contributed by atoms with Crippen LogP contribution >= 0.6 is 7.82 Å². The number of esters is 3. The number of carbonyl (C=O) groups is 5. The number of amides is 2. The smallest absolute Gasteiger partial charge is 0.462 e. The number of ether oxygens (including phenoxy) is 6. The third-order valence-electron chi connectivity index (χ3n) is 22.1. The number of unbranched alkanes of at least 4 members (excludes halogenated alkanes) is 49. The van der Waals surface area contributed by atoms with Gasteiger partial charge in [-0.05, 0) is 44.9 Å². The van der Waals surface area contributed by atoms with Gasteiger partial charge >= 0.3 is 25.7 Å². The molecule has 0 saturated carbocycles. The zero-order valence-corrected chi connectivity index (χ0v) is 71.0. The quantitative estimate of drug-likeness (QED) is 0.0118. The van der Waals surface area contributed by atoms with Crippen LogP contribution in [0.25, 0.3) is 0 Å². The molecule has 0 radical (unpaired) electrons. The van der Waals surface area contributed by atoms with Crippen molar-refractivity contribution < 1.29 is 96.8 Å². The highest BCUT2D eigenvalue weighted by Gasteiger charge is 2.53. The fraction of sp³-hybridized carbons (Fsp3) is 0.943. The van der Waals surface area contributed by atoms with E-state index in [1.54, 1.807) is 0 Å². The highest BCUT2D eigenvalue weighted by atomic mass is 31.2. The molecule has 22 nitrogen and oxygen atoms in total. The first-order valence-corrected chi connectivity index (χ1v) is 47.0. The number of nitrogens with one attached hydrogen (secondary N) is 2. The second-order valence-electron chi connectivity index (χ2n) is 32.5. The normalized spacial score (nSPS) is 21.0. The van der Waals surface area contributed by atoms with Crippen molar-refractivity contribution in [1.29, 1.82) is 0 Å². The summed E-state index contributed by atoms with van der Waals surface area (Å²) >= 11 is 0. The third kappa shape index (κ3) is 54.1. The SMILES string of the molecule is CCCCCCCCCCCCCCC(=O)O[C@H](CCCCCCCCCCCC)CC(=O)N[C@H]1C(OC(=O)C[C@@H](CCCCCCCCCCCC)OC(=O)CCCCCCCCCCCCCC)[C@H](OP(=O)(O)O)C(CO)O[C@H]1OCC1OC(O)C(NC(=O)C[C@H](O)CCCCCCCCCCCC)[C@@H](O)[C@@H]1O. The Bertz CT molecular complexity index is 2270. The predicted octanol–water partition coefficient (Wildman–Crippen LogP) is 19.0. The highest BCUT2D eigenvalue weighted by molar-refractivity contribution is 7.46. The standard InChI is InChI=1S/C87H165N2O20P/c1-6-11-16-21-26-31-36-38-43-48-53-58-63-77(94)104-71(61-56-51-46-41-34-29-24-19-14-9-4)66-76(93)89-81-85(108-79(96)67-72(62-57-52-47-42-35-30-25-20-15-10-5)105-78(95)64-59-54-49-44-39-37-32-27-22-17-12-7-2)84(109-110(100,101)102)73(68-90)107-87(81)103-69-74-82(97)83(98)80(86(99)106-74)88-75(92)65-70(91)60-55-50-45-40-33-28-23-18-13-8-3/h70-74,80-87,90-91,97-99H,6-69H2,1-5H3,(H,88,92)(H,89,93)(H2,100,101,102)/t70-,71-,72-,73?,74?,80?,81+,82-,83-,84-,85?,86?,87-/m1/s1. The summed E-state index contributed by atoms with van der Waals surface area (Å²) in [7, 11) is -5.56. The van der Waals surface area contributed by atoms with Gasteiger partial charge in [0.05, 0.1) is 38.6 Å². The highest BCUT2D eigenvalue weighted by Crippen LogP contribution is 2.43. The topological polar surface area (TPSA) is 333 Å². The van der Waals surface area contributed by atoms with Gasteiger partial charge in [0, 0.05) is 12.8 Å². The molecule has 2 fully saturated rings. The number of hydrogen-bond acceptors (Lipinski definition) is 18. The summed E-state index contributed by atoms with van der Waals surface area (Å²) in [6.45, 7) is 9.26. The molecule has 648 valence electrons. The van der Waals surface area contributed by atoms with Crippen LogP contribution in [0, 0.1) is 0 Å². The first kappa shape index (κ1) is 103. The van der Waals surface area contributed by atoms with Crippen LogP contribution < -0.4 is 10.6 Å². The number of phosphoric ester groups is 1. The van der Waals surface area contributed by atoms with Gasteiger partial charge < -0.3 is 74.4 Å². The lowest BCUT2D eigenvalue weighted by molar-refractivity contribution is -0.297. The van der Waals surface area contributed by atoms with E-state index in [2.05, 4.69) is 45.3 Å². The van der Waals surface area contributed by atoms with Crippen LogP contribution in [0.4, 0.5) is 0 Å². The summed E-state index contributed by atoms with van der Waals surface area (Å²) in [5.74, 6) is -3.44. The number of carbonyl (C=O) groups excluding carboxylic acids is 5. The van der Waals surface area contributed by atoms with Crippen molar-refractivity contribution >= 4 is 37.5 Å². The molecule has 9 N–H and O–H groups in total. The summed E-state index contributed by atoms with van der Waals surface area (Å²) < 4.78 is 55.0. The molecule has 2 rings (SSSR count). The zero-order chi connectivity index (χ0) is 80.5. The largest absolute Gasteiger partial charge is 0.470 e. The molecule has 2 aliphatic rings. The molecule has 0 aromatic heterocycles. The predicted molar refractivity (Wildman–Crippen MR) is 436 cm³/mol. The lowest BCUT2D eigenvalue weighted by Gasteiger charge is -2.46. The molecule has 2 amide bonds. The van der Waals surface area contributed by atoms with Crippen molar-refractivity contribution in [3.63, 3.8) is 0 Å². The molecule has 0 bridgehead atoms.